The molecule has 0 unspecified atom stereocenters. The number of rotatable bonds is 4. The van der Waals surface area contributed by atoms with Crippen LogP contribution in [0.15, 0.2) is 41.3 Å². The number of nitrogens with zero attached hydrogens (tertiary/aromatic N) is 4. The van der Waals surface area contributed by atoms with Crippen LogP contribution in [0.2, 0.25) is 0 Å². The van der Waals surface area contributed by atoms with Crippen molar-refractivity contribution >= 4 is 16.9 Å². The van der Waals surface area contributed by atoms with Gasteiger partial charge >= 0.3 is 0 Å². The predicted molar refractivity (Wildman–Crippen MR) is 101 cm³/mol. The number of carbonyl (C=O) groups is 1. The first-order valence-corrected chi connectivity index (χ1v) is 9.08. The Labute approximate surface area is 156 Å². The molecular weight excluding hydrogens is 344 g/mol. The highest BCUT2D eigenvalue weighted by molar-refractivity contribution is 5.78. The topological polar surface area (TPSA) is 80.4 Å². The molecule has 0 spiro atoms. The minimum Gasteiger partial charge on any atom is -0.388 e. The number of para-hydroxylation sites is 2. The van der Waals surface area contributed by atoms with Crippen molar-refractivity contribution in [2.45, 2.75) is 32.5 Å². The van der Waals surface area contributed by atoms with Crippen LogP contribution in [-0.2, 0) is 38.0 Å². The van der Waals surface area contributed by atoms with Crippen molar-refractivity contribution in [3.63, 3.8) is 0 Å². The minimum absolute atomic E-state index is 0.0166. The molecule has 140 valence electrons. The van der Waals surface area contributed by atoms with Gasteiger partial charge in [-0.05, 0) is 29.7 Å². The van der Waals surface area contributed by atoms with Gasteiger partial charge in [-0.3, -0.25) is 9.59 Å². The van der Waals surface area contributed by atoms with E-state index >= 15 is 0 Å². The van der Waals surface area contributed by atoms with Gasteiger partial charge < -0.3 is 19.1 Å². The molecule has 2 aromatic heterocycles. The van der Waals surface area contributed by atoms with Crippen LogP contribution in [0, 0.1) is 0 Å². The summed E-state index contributed by atoms with van der Waals surface area (Å²) in [7, 11) is 1.73. The molecule has 3 heterocycles. The number of amides is 1. The summed E-state index contributed by atoms with van der Waals surface area (Å²) in [5.74, 6) is 0.638. The first-order chi connectivity index (χ1) is 13.1. The van der Waals surface area contributed by atoms with Crippen LogP contribution in [0.5, 0.6) is 0 Å². The third kappa shape index (κ3) is 3.26. The van der Waals surface area contributed by atoms with Gasteiger partial charge in [0.2, 0.25) is 5.91 Å². The van der Waals surface area contributed by atoms with Crippen LogP contribution < -0.4 is 5.56 Å². The fourth-order valence-corrected chi connectivity index (χ4v) is 3.71. The molecule has 7 heteroatoms. The Bertz CT molecular complexity index is 1070. The minimum atomic E-state index is -0.159. The van der Waals surface area contributed by atoms with Gasteiger partial charge in [0.15, 0.2) is 0 Å². The van der Waals surface area contributed by atoms with Gasteiger partial charge in [0.25, 0.3) is 5.56 Å². The van der Waals surface area contributed by atoms with Crippen LogP contribution >= 0.6 is 0 Å². The molecule has 0 saturated carbocycles. The number of aliphatic hydroxyl groups is 1. The summed E-state index contributed by atoms with van der Waals surface area (Å²) in [6, 6.07) is 9.35. The number of carbonyl (C=O) groups excluding carboxylic acids is 1. The maximum Gasteiger partial charge on any atom is 0.250 e. The van der Waals surface area contributed by atoms with Crippen molar-refractivity contribution in [2.75, 3.05) is 6.54 Å². The molecule has 0 fully saturated rings. The van der Waals surface area contributed by atoms with Gasteiger partial charge in [0.1, 0.15) is 12.4 Å². The number of aryl methyl sites for hydroxylation is 2. The number of fused-ring (bicyclic) bond motifs is 2. The van der Waals surface area contributed by atoms with E-state index in [1.807, 2.05) is 39.9 Å². The normalized spacial score (nSPS) is 13.8. The van der Waals surface area contributed by atoms with Gasteiger partial charge in [-0.1, -0.05) is 12.1 Å². The molecule has 0 aliphatic carbocycles. The van der Waals surface area contributed by atoms with Gasteiger partial charge in [0, 0.05) is 45.4 Å². The van der Waals surface area contributed by atoms with E-state index in [-0.39, 0.29) is 18.1 Å². The van der Waals surface area contributed by atoms with E-state index in [9.17, 15) is 14.7 Å². The molecule has 7 nitrogen and oxygen atoms in total. The number of aliphatic hydroxyl groups excluding tert-OH is 1. The van der Waals surface area contributed by atoms with Gasteiger partial charge in [-0.25, -0.2) is 4.98 Å². The van der Waals surface area contributed by atoms with Crippen LogP contribution in [0.3, 0.4) is 0 Å². The lowest BCUT2D eigenvalue weighted by Gasteiger charge is -2.29. The summed E-state index contributed by atoms with van der Waals surface area (Å²) in [6.45, 7) is 1.47. The second-order valence-corrected chi connectivity index (χ2v) is 6.91. The van der Waals surface area contributed by atoms with Crippen molar-refractivity contribution in [1.82, 2.24) is 19.0 Å². The molecule has 1 amide bonds. The second kappa shape index (κ2) is 7.00. The van der Waals surface area contributed by atoms with Crippen LogP contribution in [0.1, 0.15) is 23.4 Å². The lowest BCUT2D eigenvalue weighted by Crippen LogP contribution is -2.37. The Morgan fingerprint density at radius 1 is 1.26 bits per heavy atom. The van der Waals surface area contributed by atoms with E-state index in [0.29, 0.717) is 38.3 Å². The Morgan fingerprint density at radius 3 is 2.89 bits per heavy atom. The third-order valence-corrected chi connectivity index (χ3v) is 5.20. The van der Waals surface area contributed by atoms with Gasteiger partial charge in [0.05, 0.1) is 11.0 Å². The van der Waals surface area contributed by atoms with E-state index in [0.717, 1.165) is 22.2 Å². The maximum atomic E-state index is 12.8. The number of hydrogen-bond acceptors (Lipinski definition) is 4. The predicted octanol–water partition coefficient (Wildman–Crippen LogP) is 1.20. The van der Waals surface area contributed by atoms with Crippen molar-refractivity contribution in [3.8, 4) is 0 Å². The third-order valence-electron chi connectivity index (χ3n) is 5.20. The fraction of sp³-hybridized carbons (Fsp3) is 0.350. The monoisotopic (exact) mass is 366 g/mol. The molecule has 3 aromatic rings. The molecule has 27 heavy (non-hydrogen) atoms. The van der Waals surface area contributed by atoms with E-state index in [2.05, 4.69) is 4.98 Å². The fourth-order valence-electron chi connectivity index (χ4n) is 3.71. The van der Waals surface area contributed by atoms with E-state index < -0.39 is 0 Å². The van der Waals surface area contributed by atoms with E-state index in [1.54, 1.807) is 17.7 Å². The lowest BCUT2D eigenvalue weighted by molar-refractivity contribution is -0.132. The maximum absolute atomic E-state index is 12.8. The lowest BCUT2D eigenvalue weighted by atomic mass is 10.0. The SMILES string of the molecule is Cn1cc2c(cc1=O)CCN(C(=O)CCn1c(CO)nc3ccccc31)C2. The first kappa shape index (κ1) is 17.5. The Morgan fingerprint density at radius 2 is 2.07 bits per heavy atom. The Hall–Kier alpha value is -2.93. The number of benzene rings is 1. The van der Waals surface area contributed by atoms with Crippen LogP contribution in [0.25, 0.3) is 11.0 Å². The number of aromatic nitrogens is 3. The summed E-state index contributed by atoms with van der Waals surface area (Å²) in [4.78, 5) is 30.8. The van der Waals surface area contributed by atoms with E-state index in [4.69, 9.17) is 0 Å². The quantitative estimate of drug-likeness (QED) is 0.752. The number of imidazole rings is 1. The summed E-state index contributed by atoms with van der Waals surface area (Å²) >= 11 is 0. The van der Waals surface area contributed by atoms with Crippen molar-refractivity contribution in [1.29, 1.82) is 0 Å². The highest BCUT2D eigenvalue weighted by Crippen LogP contribution is 2.20. The summed E-state index contributed by atoms with van der Waals surface area (Å²) in [5, 5.41) is 9.58. The zero-order valence-electron chi connectivity index (χ0n) is 15.3. The number of pyridine rings is 1. The average Bonchev–Trinajstić information content (AvgIpc) is 3.04. The zero-order chi connectivity index (χ0) is 19.0. The summed E-state index contributed by atoms with van der Waals surface area (Å²) in [5.41, 5.74) is 3.79. The summed E-state index contributed by atoms with van der Waals surface area (Å²) in [6.07, 6.45) is 2.87. The zero-order valence-corrected chi connectivity index (χ0v) is 15.3. The molecule has 0 bridgehead atoms. The molecule has 1 aromatic carbocycles. The molecule has 1 aliphatic heterocycles. The molecule has 0 radical (unpaired) electrons. The molecule has 0 atom stereocenters. The molecule has 4 rings (SSSR count). The largest absolute Gasteiger partial charge is 0.388 e. The van der Waals surface area contributed by atoms with Gasteiger partial charge in [-0.2, -0.15) is 0 Å². The highest BCUT2D eigenvalue weighted by atomic mass is 16.3. The molecular formula is C20H22N4O3. The summed E-state index contributed by atoms with van der Waals surface area (Å²) < 4.78 is 3.47. The van der Waals surface area contributed by atoms with Crippen LogP contribution in [-0.4, -0.2) is 36.6 Å². The Balaban J connectivity index is 1.49. The van der Waals surface area contributed by atoms with Crippen molar-refractivity contribution < 1.29 is 9.90 Å². The smallest absolute Gasteiger partial charge is 0.250 e. The second-order valence-electron chi connectivity index (χ2n) is 6.91. The first-order valence-electron chi connectivity index (χ1n) is 9.08. The highest BCUT2D eigenvalue weighted by Gasteiger charge is 2.22. The van der Waals surface area contributed by atoms with Crippen LogP contribution in [0.4, 0.5) is 0 Å². The molecule has 0 saturated heterocycles. The Kier molecular flexibility index (Phi) is 4.53. The van der Waals surface area contributed by atoms with E-state index in [1.165, 1.54) is 0 Å². The molecule has 1 aliphatic rings. The number of hydrogen-bond donors (Lipinski definition) is 1. The van der Waals surface area contributed by atoms with Gasteiger partial charge in [-0.15, -0.1) is 0 Å². The van der Waals surface area contributed by atoms with Crippen molar-refractivity contribution in [2.24, 2.45) is 7.05 Å². The van der Waals surface area contributed by atoms with Crippen molar-refractivity contribution in [3.05, 3.63) is 63.8 Å². The molecule has 1 N–H and O–H groups in total. The average molecular weight is 366 g/mol. The standard InChI is InChI=1S/C20H22N4O3/c1-22-11-15-12-23(8-6-14(15)10-20(22)27)19(26)7-9-24-17-5-3-2-4-16(17)21-18(24)13-25/h2-5,10-11,25H,6-9,12-13H2,1H3.